The van der Waals surface area contributed by atoms with Gasteiger partial charge in [0.15, 0.2) is 5.96 Å². The molecule has 1 aromatic carbocycles. The molecule has 0 amide bonds. The van der Waals surface area contributed by atoms with E-state index in [0.717, 1.165) is 56.5 Å². The summed E-state index contributed by atoms with van der Waals surface area (Å²) < 4.78 is 10.8. The Balaban J connectivity index is 1.43. The first-order valence-electron chi connectivity index (χ1n) is 9.15. The Morgan fingerprint density at radius 3 is 2.92 bits per heavy atom. The summed E-state index contributed by atoms with van der Waals surface area (Å²) in [4.78, 5) is 6.70. The molecule has 0 bridgehead atoms. The molecule has 1 unspecified atom stereocenters. The van der Waals surface area contributed by atoms with E-state index in [1.54, 1.807) is 20.4 Å². The number of anilines is 1. The average Bonchev–Trinajstić information content (AvgIpc) is 3.36. The minimum atomic E-state index is 0.587. The highest BCUT2D eigenvalue weighted by atomic mass is 16.5. The summed E-state index contributed by atoms with van der Waals surface area (Å²) in [6.45, 7) is 3.78. The molecule has 1 aliphatic rings. The highest BCUT2D eigenvalue weighted by molar-refractivity contribution is 5.79. The molecule has 2 heterocycles. The lowest BCUT2D eigenvalue weighted by atomic mass is 10.1. The predicted octanol–water partition coefficient (Wildman–Crippen LogP) is 2.52. The third-order valence-corrected chi connectivity index (χ3v) is 4.74. The molecule has 6 nitrogen and oxygen atoms in total. The summed E-state index contributed by atoms with van der Waals surface area (Å²) in [5.74, 6) is 3.35. The Morgan fingerprint density at radius 2 is 2.15 bits per heavy atom. The van der Waals surface area contributed by atoms with Gasteiger partial charge in [-0.1, -0.05) is 12.1 Å². The number of hydrogen-bond donors (Lipinski definition) is 2. The first-order valence-corrected chi connectivity index (χ1v) is 9.15. The van der Waals surface area contributed by atoms with Crippen molar-refractivity contribution in [2.75, 3.05) is 45.2 Å². The zero-order chi connectivity index (χ0) is 18.2. The molecule has 6 heteroatoms. The van der Waals surface area contributed by atoms with Crippen LogP contribution in [-0.4, -0.2) is 46.3 Å². The lowest BCUT2D eigenvalue weighted by Crippen LogP contribution is -2.41. The maximum atomic E-state index is 5.49. The molecule has 0 saturated carbocycles. The molecular formula is C20H28N4O2. The number of hydrogen-bond acceptors (Lipinski definition) is 4. The molecule has 0 spiro atoms. The van der Waals surface area contributed by atoms with Gasteiger partial charge in [-0.2, -0.15) is 0 Å². The van der Waals surface area contributed by atoms with E-state index in [9.17, 15) is 0 Å². The third-order valence-electron chi connectivity index (χ3n) is 4.74. The monoisotopic (exact) mass is 356 g/mol. The van der Waals surface area contributed by atoms with Gasteiger partial charge in [0.05, 0.1) is 19.1 Å². The molecular weight excluding hydrogens is 328 g/mol. The topological polar surface area (TPSA) is 62.0 Å². The van der Waals surface area contributed by atoms with Crippen LogP contribution in [0.4, 0.5) is 5.69 Å². The number of nitrogens with one attached hydrogen (secondary N) is 2. The van der Waals surface area contributed by atoms with E-state index in [4.69, 9.17) is 9.15 Å². The van der Waals surface area contributed by atoms with Crippen molar-refractivity contribution in [1.29, 1.82) is 0 Å². The molecule has 140 valence electrons. The van der Waals surface area contributed by atoms with Crippen LogP contribution in [0, 0.1) is 5.92 Å². The molecule has 1 fully saturated rings. The fourth-order valence-electron chi connectivity index (χ4n) is 3.33. The highest BCUT2D eigenvalue weighted by Crippen LogP contribution is 2.31. The number of nitrogens with zero attached hydrogens (tertiary/aromatic N) is 2. The van der Waals surface area contributed by atoms with Crippen molar-refractivity contribution in [2.45, 2.75) is 12.8 Å². The Hall–Kier alpha value is -2.63. The molecule has 1 atom stereocenters. The Bertz CT molecular complexity index is 700. The lowest BCUT2D eigenvalue weighted by molar-refractivity contribution is 0.414. The lowest BCUT2D eigenvalue weighted by Gasteiger charge is -2.21. The number of rotatable bonds is 7. The molecule has 3 rings (SSSR count). The Morgan fingerprint density at radius 1 is 1.27 bits per heavy atom. The summed E-state index contributed by atoms with van der Waals surface area (Å²) in [5.41, 5.74) is 1.18. The van der Waals surface area contributed by atoms with Gasteiger partial charge in [0.1, 0.15) is 11.5 Å². The van der Waals surface area contributed by atoms with E-state index in [1.165, 1.54) is 5.69 Å². The second-order valence-electron chi connectivity index (χ2n) is 6.48. The molecule has 0 aliphatic carbocycles. The maximum absolute atomic E-state index is 5.49. The molecule has 2 aromatic rings. The van der Waals surface area contributed by atoms with Crippen LogP contribution in [0.25, 0.3) is 0 Å². The summed E-state index contributed by atoms with van der Waals surface area (Å²) >= 11 is 0. The number of guanidine groups is 1. The van der Waals surface area contributed by atoms with E-state index in [-0.39, 0.29) is 0 Å². The van der Waals surface area contributed by atoms with Crippen molar-refractivity contribution in [3.05, 3.63) is 48.4 Å². The minimum Gasteiger partial charge on any atom is -0.495 e. The van der Waals surface area contributed by atoms with Crippen LogP contribution in [0.1, 0.15) is 12.2 Å². The normalized spacial score (nSPS) is 17.4. The fourth-order valence-corrected chi connectivity index (χ4v) is 3.33. The molecule has 0 radical (unpaired) electrons. The van der Waals surface area contributed by atoms with Gasteiger partial charge in [-0.15, -0.1) is 0 Å². The summed E-state index contributed by atoms with van der Waals surface area (Å²) in [5, 5.41) is 6.78. The van der Waals surface area contributed by atoms with Crippen LogP contribution in [0.15, 0.2) is 52.1 Å². The fraction of sp³-hybridized carbons (Fsp3) is 0.450. The number of aliphatic imine (C=N–C) groups is 1. The van der Waals surface area contributed by atoms with E-state index in [1.807, 2.05) is 24.3 Å². The Labute approximate surface area is 155 Å². The van der Waals surface area contributed by atoms with Crippen molar-refractivity contribution in [2.24, 2.45) is 10.9 Å². The smallest absolute Gasteiger partial charge is 0.191 e. The van der Waals surface area contributed by atoms with Crippen LogP contribution in [0.3, 0.4) is 0 Å². The standard InChI is InChI=1S/C20H28N4O2/c1-21-20(22-11-9-17-6-5-13-26-17)23-14-16-10-12-24(15-16)18-7-3-4-8-19(18)25-2/h3-8,13,16H,9-12,14-15H2,1-2H3,(H2,21,22,23). The summed E-state index contributed by atoms with van der Waals surface area (Å²) in [6, 6.07) is 12.1. The average molecular weight is 356 g/mol. The number of benzene rings is 1. The first kappa shape index (κ1) is 18.2. The van der Waals surface area contributed by atoms with Crippen LogP contribution in [0.2, 0.25) is 0 Å². The molecule has 26 heavy (non-hydrogen) atoms. The number of methoxy groups -OCH3 is 1. The summed E-state index contributed by atoms with van der Waals surface area (Å²) in [6.07, 6.45) is 3.71. The van der Waals surface area contributed by atoms with Gasteiger partial charge in [0.25, 0.3) is 0 Å². The van der Waals surface area contributed by atoms with Gasteiger partial charge in [-0.3, -0.25) is 4.99 Å². The van der Waals surface area contributed by atoms with Crippen molar-refractivity contribution in [3.63, 3.8) is 0 Å². The quantitative estimate of drug-likeness (QED) is 0.590. The highest BCUT2D eigenvalue weighted by Gasteiger charge is 2.24. The molecule has 1 saturated heterocycles. The molecule has 1 aromatic heterocycles. The van der Waals surface area contributed by atoms with Crippen LogP contribution >= 0.6 is 0 Å². The van der Waals surface area contributed by atoms with E-state index < -0.39 is 0 Å². The maximum Gasteiger partial charge on any atom is 0.191 e. The second-order valence-corrected chi connectivity index (χ2v) is 6.48. The van der Waals surface area contributed by atoms with E-state index in [0.29, 0.717) is 5.92 Å². The number of para-hydroxylation sites is 2. The van der Waals surface area contributed by atoms with Crippen LogP contribution < -0.4 is 20.3 Å². The second kappa shape index (κ2) is 9.17. The largest absolute Gasteiger partial charge is 0.495 e. The van der Waals surface area contributed by atoms with Gasteiger partial charge in [-0.05, 0) is 36.6 Å². The zero-order valence-electron chi connectivity index (χ0n) is 15.6. The van der Waals surface area contributed by atoms with Crippen molar-refractivity contribution in [1.82, 2.24) is 10.6 Å². The van der Waals surface area contributed by atoms with Gasteiger partial charge >= 0.3 is 0 Å². The van der Waals surface area contributed by atoms with Crippen LogP contribution in [0.5, 0.6) is 5.75 Å². The minimum absolute atomic E-state index is 0.587. The van der Waals surface area contributed by atoms with Crippen molar-refractivity contribution in [3.8, 4) is 5.75 Å². The van der Waals surface area contributed by atoms with Crippen LogP contribution in [-0.2, 0) is 6.42 Å². The summed E-state index contributed by atoms with van der Waals surface area (Å²) in [7, 11) is 3.53. The zero-order valence-corrected chi connectivity index (χ0v) is 15.6. The number of furan rings is 1. The Kier molecular flexibility index (Phi) is 6.41. The van der Waals surface area contributed by atoms with Crippen molar-refractivity contribution >= 4 is 11.6 Å². The number of ether oxygens (including phenoxy) is 1. The van der Waals surface area contributed by atoms with Gasteiger partial charge in [0, 0.05) is 39.6 Å². The van der Waals surface area contributed by atoms with E-state index >= 15 is 0 Å². The first-order chi connectivity index (χ1) is 12.8. The van der Waals surface area contributed by atoms with Gasteiger partial charge in [-0.25, -0.2) is 0 Å². The predicted molar refractivity (Wildman–Crippen MR) is 105 cm³/mol. The van der Waals surface area contributed by atoms with Crippen molar-refractivity contribution < 1.29 is 9.15 Å². The van der Waals surface area contributed by atoms with E-state index in [2.05, 4.69) is 32.7 Å². The SMILES string of the molecule is CN=C(NCCc1ccco1)NCC1CCN(c2ccccc2OC)C1. The van der Waals surface area contributed by atoms with Gasteiger partial charge in [0.2, 0.25) is 0 Å². The third kappa shape index (κ3) is 4.71. The van der Waals surface area contributed by atoms with Gasteiger partial charge < -0.3 is 24.7 Å². The molecule has 2 N–H and O–H groups in total. The molecule has 1 aliphatic heterocycles.